The van der Waals surface area contributed by atoms with Gasteiger partial charge in [0.05, 0.1) is 28.9 Å². The Morgan fingerprint density at radius 3 is 2.67 bits per heavy atom. The molecule has 0 aliphatic carbocycles. The first-order chi connectivity index (χ1) is 13.1. The van der Waals surface area contributed by atoms with Crippen molar-refractivity contribution in [2.75, 3.05) is 6.61 Å². The second kappa shape index (κ2) is 6.64. The summed E-state index contributed by atoms with van der Waals surface area (Å²) >= 11 is 0. The average molecular weight is 368 g/mol. The predicted molar refractivity (Wildman–Crippen MR) is 94.5 cm³/mol. The highest BCUT2D eigenvalue weighted by atomic mass is 19.2. The molecule has 0 amide bonds. The number of aromatic amines is 1. The monoisotopic (exact) mass is 368 g/mol. The number of halogens is 2. The van der Waals surface area contributed by atoms with Crippen LogP contribution in [0.25, 0.3) is 28.1 Å². The number of H-pyrrole nitrogens is 1. The standard InChI is InChI=1S/C19H14F2N4O2/c1-2-27-19(26)17-12(10-25(24-17)11-6-4-3-5-7-11)18-22-15-8-13(20)14(21)9-16(15)23-18/h3-10H,2H2,1H3,(H,22,23). The Morgan fingerprint density at radius 2 is 1.93 bits per heavy atom. The molecule has 2 aromatic heterocycles. The van der Waals surface area contributed by atoms with Crippen LogP contribution >= 0.6 is 0 Å². The molecular formula is C19H14F2N4O2. The first-order valence-corrected chi connectivity index (χ1v) is 8.24. The van der Waals surface area contributed by atoms with Gasteiger partial charge in [-0.3, -0.25) is 0 Å². The van der Waals surface area contributed by atoms with Gasteiger partial charge in [-0.25, -0.2) is 23.2 Å². The van der Waals surface area contributed by atoms with Crippen LogP contribution in [0.4, 0.5) is 8.78 Å². The number of carbonyl (C=O) groups excluding carboxylic acids is 1. The zero-order chi connectivity index (χ0) is 19.0. The molecule has 1 N–H and O–H groups in total. The number of aromatic nitrogens is 4. The van der Waals surface area contributed by atoms with E-state index < -0.39 is 17.6 Å². The van der Waals surface area contributed by atoms with E-state index in [1.54, 1.807) is 13.1 Å². The van der Waals surface area contributed by atoms with E-state index >= 15 is 0 Å². The zero-order valence-corrected chi connectivity index (χ0v) is 14.2. The summed E-state index contributed by atoms with van der Waals surface area (Å²) in [7, 11) is 0. The Kier molecular flexibility index (Phi) is 4.15. The number of hydrogen-bond donors (Lipinski definition) is 1. The Bertz CT molecular complexity index is 1100. The van der Waals surface area contributed by atoms with Gasteiger partial charge < -0.3 is 9.72 Å². The lowest BCUT2D eigenvalue weighted by molar-refractivity contribution is 0.0519. The lowest BCUT2D eigenvalue weighted by atomic mass is 10.2. The maximum Gasteiger partial charge on any atom is 0.359 e. The first kappa shape index (κ1) is 16.9. The van der Waals surface area contributed by atoms with Crippen LogP contribution in [-0.2, 0) is 4.74 Å². The quantitative estimate of drug-likeness (QED) is 0.555. The van der Waals surface area contributed by atoms with Gasteiger partial charge in [0.2, 0.25) is 0 Å². The third-order valence-electron chi connectivity index (χ3n) is 3.98. The topological polar surface area (TPSA) is 72.8 Å². The number of nitrogens with zero attached hydrogens (tertiary/aromatic N) is 3. The molecule has 0 bridgehead atoms. The third kappa shape index (κ3) is 3.05. The van der Waals surface area contributed by atoms with Gasteiger partial charge in [0.25, 0.3) is 0 Å². The molecule has 0 atom stereocenters. The fraction of sp³-hybridized carbons (Fsp3) is 0.105. The number of ether oxygens (including phenoxy) is 1. The Morgan fingerprint density at radius 1 is 1.19 bits per heavy atom. The van der Waals surface area contributed by atoms with Crippen LogP contribution in [0.2, 0.25) is 0 Å². The molecule has 2 aromatic carbocycles. The van der Waals surface area contributed by atoms with E-state index in [1.165, 1.54) is 4.68 Å². The molecule has 8 heteroatoms. The predicted octanol–water partition coefficient (Wildman–Crippen LogP) is 3.87. The second-order valence-electron chi connectivity index (χ2n) is 5.76. The summed E-state index contributed by atoms with van der Waals surface area (Å²) in [5.41, 5.74) is 1.72. The van der Waals surface area contributed by atoms with Crippen molar-refractivity contribution < 1.29 is 18.3 Å². The van der Waals surface area contributed by atoms with Crippen LogP contribution in [0, 0.1) is 11.6 Å². The molecule has 136 valence electrons. The third-order valence-corrected chi connectivity index (χ3v) is 3.98. The van der Waals surface area contributed by atoms with Crippen LogP contribution in [0.1, 0.15) is 17.4 Å². The molecule has 0 spiro atoms. The van der Waals surface area contributed by atoms with Crippen LogP contribution in [0.15, 0.2) is 48.7 Å². The number of esters is 1. The van der Waals surface area contributed by atoms with Crippen molar-refractivity contribution in [1.29, 1.82) is 0 Å². The first-order valence-electron chi connectivity index (χ1n) is 8.24. The van der Waals surface area contributed by atoms with Gasteiger partial charge in [0, 0.05) is 18.3 Å². The number of carbonyl (C=O) groups is 1. The molecule has 0 fully saturated rings. The van der Waals surface area contributed by atoms with Crippen molar-refractivity contribution in [3.63, 3.8) is 0 Å². The molecule has 6 nitrogen and oxygen atoms in total. The summed E-state index contributed by atoms with van der Waals surface area (Å²) in [5.74, 6) is -2.32. The molecule has 27 heavy (non-hydrogen) atoms. The molecule has 0 aliphatic rings. The fourth-order valence-electron chi connectivity index (χ4n) is 2.74. The van der Waals surface area contributed by atoms with Crippen molar-refractivity contribution in [1.82, 2.24) is 19.7 Å². The smallest absolute Gasteiger partial charge is 0.359 e. The van der Waals surface area contributed by atoms with Crippen LogP contribution in [-0.4, -0.2) is 32.3 Å². The van der Waals surface area contributed by atoms with E-state index in [1.807, 2.05) is 30.3 Å². The van der Waals surface area contributed by atoms with E-state index in [2.05, 4.69) is 15.1 Å². The summed E-state index contributed by atoms with van der Waals surface area (Å²) in [6.07, 6.45) is 1.62. The Balaban J connectivity index is 1.88. The zero-order valence-electron chi connectivity index (χ0n) is 14.2. The molecular weight excluding hydrogens is 354 g/mol. The maximum atomic E-state index is 13.5. The van der Waals surface area contributed by atoms with Crippen LogP contribution in [0.3, 0.4) is 0 Å². The van der Waals surface area contributed by atoms with Crippen LogP contribution in [0.5, 0.6) is 0 Å². The minimum atomic E-state index is -0.994. The Hall–Kier alpha value is -3.55. The fourth-order valence-corrected chi connectivity index (χ4v) is 2.74. The molecule has 0 aliphatic heterocycles. The largest absolute Gasteiger partial charge is 0.461 e. The van der Waals surface area contributed by atoms with E-state index in [4.69, 9.17) is 4.74 Å². The second-order valence-corrected chi connectivity index (χ2v) is 5.76. The highest BCUT2D eigenvalue weighted by Gasteiger charge is 2.22. The number of benzene rings is 2. The highest BCUT2D eigenvalue weighted by Crippen LogP contribution is 2.26. The van der Waals surface area contributed by atoms with Gasteiger partial charge in [-0.15, -0.1) is 0 Å². The van der Waals surface area contributed by atoms with Gasteiger partial charge in [0.15, 0.2) is 17.3 Å². The number of fused-ring (bicyclic) bond motifs is 1. The van der Waals surface area contributed by atoms with E-state index in [0.29, 0.717) is 11.1 Å². The lowest BCUT2D eigenvalue weighted by Gasteiger charge is -2.00. The molecule has 0 unspecified atom stereocenters. The normalized spacial score (nSPS) is 11.1. The summed E-state index contributed by atoms with van der Waals surface area (Å²) in [5, 5.41) is 4.31. The summed E-state index contributed by atoms with van der Waals surface area (Å²) in [4.78, 5) is 19.5. The number of nitrogens with one attached hydrogen (secondary N) is 1. The maximum absolute atomic E-state index is 13.5. The van der Waals surface area contributed by atoms with Crippen LogP contribution < -0.4 is 0 Å². The van der Waals surface area contributed by atoms with Gasteiger partial charge in [0.1, 0.15) is 5.82 Å². The molecule has 4 rings (SSSR count). The number of para-hydroxylation sites is 1. The van der Waals surface area contributed by atoms with Crippen molar-refractivity contribution in [2.24, 2.45) is 0 Å². The van der Waals surface area contributed by atoms with Crippen molar-refractivity contribution in [3.05, 3.63) is 66.0 Å². The SMILES string of the molecule is CCOC(=O)c1nn(-c2ccccc2)cc1-c1nc2cc(F)c(F)cc2[nH]1. The number of imidazole rings is 1. The molecule has 4 aromatic rings. The number of hydrogen-bond acceptors (Lipinski definition) is 4. The van der Waals surface area contributed by atoms with Crippen molar-refractivity contribution in [3.8, 4) is 17.1 Å². The molecule has 2 heterocycles. The summed E-state index contributed by atoms with van der Waals surface area (Å²) < 4.78 is 33.6. The molecule has 0 radical (unpaired) electrons. The van der Waals surface area contributed by atoms with Gasteiger partial charge in [-0.2, -0.15) is 5.10 Å². The lowest BCUT2D eigenvalue weighted by Crippen LogP contribution is -2.08. The van der Waals surface area contributed by atoms with Gasteiger partial charge >= 0.3 is 5.97 Å². The molecule has 0 saturated carbocycles. The van der Waals surface area contributed by atoms with Crippen molar-refractivity contribution >= 4 is 17.0 Å². The van der Waals surface area contributed by atoms with E-state index in [0.717, 1.165) is 17.8 Å². The van der Waals surface area contributed by atoms with Gasteiger partial charge in [-0.1, -0.05) is 18.2 Å². The van der Waals surface area contributed by atoms with Crippen molar-refractivity contribution in [2.45, 2.75) is 6.92 Å². The summed E-state index contributed by atoms with van der Waals surface area (Å²) in [6, 6.07) is 11.2. The highest BCUT2D eigenvalue weighted by molar-refractivity contribution is 5.95. The van der Waals surface area contributed by atoms with E-state index in [9.17, 15) is 13.6 Å². The summed E-state index contributed by atoms with van der Waals surface area (Å²) in [6.45, 7) is 1.88. The average Bonchev–Trinajstić information content (AvgIpc) is 3.27. The van der Waals surface area contributed by atoms with Gasteiger partial charge in [-0.05, 0) is 19.1 Å². The molecule has 0 saturated heterocycles. The van der Waals surface area contributed by atoms with E-state index in [-0.39, 0.29) is 23.6 Å². The Labute approximate surface area is 152 Å². The number of rotatable bonds is 4. The minimum Gasteiger partial charge on any atom is -0.461 e. The minimum absolute atomic E-state index is 0.0562.